The van der Waals surface area contributed by atoms with E-state index in [0.717, 1.165) is 31.5 Å². The third-order valence-electron chi connectivity index (χ3n) is 3.87. The third kappa shape index (κ3) is 3.51. The molecule has 2 unspecified atom stereocenters. The number of benzene rings is 1. The molecule has 4 heteroatoms. The minimum Gasteiger partial charge on any atom is -0.508 e. The predicted octanol–water partition coefficient (Wildman–Crippen LogP) is 2.44. The number of para-hydroxylation sites is 1. The van der Waals surface area contributed by atoms with Crippen LogP contribution in [0.2, 0.25) is 0 Å². The van der Waals surface area contributed by atoms with Crippen molar-refractivity contribution >= 4 is 5.91 Å². The zero-order chi connectivity index (χ0) is 14.5. The second kappa shape index (κ2) is 6.75. The Kier molecular flexibility index (Phi) is 5.01. The van der Waals surface area contributed by atoms with E-state index in [4.69, 9.17) is 0 Å². The molecule has 0 spiro atoms. The summed E-state index contributed by atoms with van der Waals surface area (Å²) in [6.07, 6.45) is 2.56. The molecule has 1 fully saturated rings. The molecule has 2 N–H and O–H groups in total. The molecule has 20 heavy (non-hydrogen) atoms. The van der Waals surface area contributed by atoms with Crippen molar-refractivity contribution in [1.82, 2.24) is 10.2 Å². The molecule has 0 bridgehead atoms. The number of phenolic OH excluding ortho intramolecular Hbond substituents is 1. The van der Waals surface area contributed by atoms with E-state index in [1.54, 1.807) is 6.07 Å². The number of carbonyl (C=O) groups is 1. The quantitative estimate of drug-likeness (QED) is 0.839. The Morgan fingerprint density at radius 2 is 2.15 bits per heavy atom. The molecule has 1 heterocycles. The minimum atomic E-state index is 0.115. The van der Waals surface area contributed by atoms with Crippen molar-refractivity contribution in [2.75, 3.05) is 13.1 Å². The maximum atomic E-state index is 11.6. The van der Waals surface area contributed by atoms with E-state index in [2.05, 4.69) is 19.2 Å². The molecule has 0 saturated carbocycles. The number of hydrogen-bond donors (Lipinski definition) is 2. The lowest BCUT2D eigenvalue weighted by molar-refractivity contribution is -0.127. The first kappa shape index (κ1) is 14.9. The van der Waals surface area contributed by atoms with Crippen LogP contribution in [-0.4, -0.2) is 35.0 Å². The van der Waals surface area contributed by atoms with Crippen LogP contribution in [-0.2, 0) is 4.79 Å². The standard InChI is InChI=1S/C16H24N2O2/c1-3-14(13-7-4-5-8-15(13)19)17-12(2)11-18-10-6-9-16(18)20/h4-5,7-8,12,14,17,19H,3,6,9-11H2,1-2H3. The second-order valence-corrected chi connectivity index (χ2v) is 5.53. The highest BCUT2D eigenvalue weighted by Crippen LogP contribution is 2.26. The first-order valence-corrected chi connectivity index (χ1v) is 7.43. The normalized spacial score (nSPS) is 18.3. The van der Waals surface area contributed by atoms with Gasteiger partial charge in [-0.15, -0.1) is 0 Å². The molecule has 2 rings (SSSR count). The molecule has 0 aromatic heterocycles. The van der Waals surface area contributed by atoms with Crippen molar-refractivity contribution in [2.45, 2.75) is 45.2 Å². The van der Waals surface area contributed by atoms with Gasteiger partial charge in [0.2, 0.25) is 5.91 Å². The van der Waals surface area contributed by atoms with Gasteiger partial charge in [-0.05, 0) is 25.8 Å². The molecule has 1 aromatic rings. The summed E-state index contributed by atoms with van der Waals surface area (Å²) < 4.78 is 0. The number of carbonyl (C=O) groups excluding carboxylic acids is 1. The summed E-state index contributed by atoms with van der Waals surface area (Å²) in [5, 5.41) is 13.5. The lowest BCUT2D eigenvalue weighted by atomic mass is 10.0. The zero-order valence-corrected chi connectivity index (χ0v) is 12.3. The molecule has 110 valence electrons. The van der Waals surface area contributed by atoms with Gasteiger partial charge in [-0.2, -0.15) is 0 Å². The first-order valence-electron chi connectivity index (χ1n) is 7.43. The number of aromatic hydroxyl groups is 1. The van der Waals surface area contributed by atoms with E-state index in [9.17, 15) is 9.90 Å². The van der Waals surface area contributed by atoms with Crippen LogP contribution in [0.4, 0.5) is 0 Å². The van der Waals surface area contributed by atoms with Gasteiger partial charge in [0.25, 0.3) is 0 Å². The number of nitrogens with one attached hydrogen (secondary N) is 1. The summed E-state index contributed by atoms with van der Waals surface area (Å²) in [5.41, 5.74) is 0.926. The van der Waals surface area contributed by atoms with Gasteiger partial charge in [-0.3, -0.25) is 4.79 Å². The number of phenols is 1. The Labute approximate surface area is 120 Å². The van der Waals surface area contributed by atoms with Gasteiger partial charge in [0.05, 0.1) is 0 Å². The lowest BCUT2D eigenvalue weighted by Crippen LogP contribution is -2.41. The van der Waals surface area contributed by atoms with Crippen LogP contribution in [0.5, 0.6) is 5.75 Å². The Morgan fingerprint density at radius 3 is 2.75 bits per heavy atom. The van der Waals surface area contributed by atoms with E-state index in [1.165, 1.54) is 0 Å². The fourth-order valence-electron chi connectivity index (χ4n) is 2.83. The Balaban J connectivity index is 1.96. The van der Waals surface area contributed by atoms with Gasteiger partial charge in [0.1, 0.15) is 5.75 Å². The Bertz CT molecular complexity index is 462. The van der Waals surface area contributed by atoms with Crippen LogP contribution < -0.4 is 5.32 Å². The monoisotopic (exact) mass is 276 g/mol. The van der Waals surface area contributed by atoms with Crippen LogP contribution in [0.15, 0.2) is 24.3 Å². The summed E-state index contributed by atoms with van der Waals surface area (Å²) in [4.78, 5) is 13.6. The van der Waals surface area contributed by atoms with Gasteiger partial charge in [0, 0.05) is 37.2 Å². The van der Waals surface area contributed by atoms with E-state index in [-0.39, 0.29) is 18.0 Å². The zero-order valence-electron chi connectivity index (χ0n) is 12.3. The molecule has 1 saturated heterocycles. The number of nitrogens with zero attached hydrogens (tertiary/aromatic N) is 1. The lowest BCUT2D eigenvalue weighted by Gasteiger charge is -2.26. The number of hydrogen-bond acceptors (Lipinski definition) is 3. The van der Waals surface area contributed by atoms with Gasteiger partial charge in [0.15, 0.2) is 0 Å². The Hall–Kier alpha value is -1.55. The average Bonchev–Trinajstić information content (AvgIpc) is 2.82. The summed E-state index contributed by atoms with van der Waals surface area (Å²) in [5.74, 6) is 0.588. The summed E-state index contributed by atoms with van der Waals surface area (Å²) >= 11 is 0. The fourth-order valence-corrected chi connectivity index (χ4v) is 2.83. The third-order valence-corrected chi connectivity index (χ3v) is 3.87. The van der Waals surface area contributed by atoms with Crippen LogP contribution >= 0.6 is 0 Å². The Morgan fingerprint density at radius 1 is 1.40 bits per heavy atom. The van der Waals surface area contributed by atoms with Crippen molar-refractivity contribution in [3.63, 3.8) is 0 Å². The van der Waals surface area contributed by atoms with Crippen molar-refractivity contribution in [3.8, 4) is 5.75 Å². The van der Waals surface area contributed by atoms with Crippen LogP contribution in [0.3, 0.4) is 0 Å². The van der Waals surface area contributed by atoms with Crippen molar-refractivity contribution in [2.24, 2.45) is 0 Å². The van der Waals surface area contributed by atoms with Gasteiger partial charge >= 0.3 is 0 Å². The topological polar surface area (TPSA) is 52.6 Å². The maximum absolute atomic E-state index is 11.6. The molecule has 4 nitrogen and oxygen atoms in total. The summed E-state index contributed by atoms with van der Waals surface area (Å²) in [6.45, 7) is 5.80. The van der Waals surface area contributed by atoms with E-state index >= 15 is 0 Å². The molecule has 0 radical (unpaired) electrons. The van der Waals surface area contributed by atoms with Crippen molar-refractivity contribution in [1.29, 1.82) is 0 Å². The molecule has 1 aliphatic heterocycles. The predicted molar refractivity (Wildman–Crippen MR) is 79.6 cm³/mol. The first-order chi connectivity index (χ1) is 9.61. The van der Waals surface area contributed by atoms with E-state index in [1.807, 2.05) is 23.1 Å². The fraction of sp³-hybridized carbons (Fsp3) is 0.562. The average molecular weight is 276 g/mol. The van der Waals surface area contributed by atoms with E-state index in [0.29, 0.717) is 12.2 Å². The molecule has 1 aliphatic rings. The molecular formula is C16H24N2O2. The van der Waals surface area contributed by atoms with Crippen molar-refractivity contribution < 1.29 is 9.90 Å². The van der Waals surface area contributed by atoms with Gasteiger partial charge in [-0.25, -0.2) is 0 Å². The summed E-state index contributed by atoms with van der Waals surface area (Å²) in [6, 6.07) is 7.76. The van der Waals surface area contributed by atoms with Crippen LogP contribution in [0, 0.1) is 0 Å². The van der Waals surface area contributed by atoms with E-state index < -0.39 is 0 Å². The highest BCUT2D eigenvalue weighted by Gasteiger charge is 2.23. The van der Waals surface area contributed by atoms with Crippen molar-refractivity contribution in [3.05, 3.63) is 29.8 Å². The minimum absolute atomic E-state index is 0.115. The SMILES string of the molecule is CCC(NC(C)CN1CCCC1=O)c1ccccc1O. The van der Waals surface area contributed by atoms with Crippen LogP contribution in [0.1, 0.15) is 44.7 Å². The number of likely N-dealkylation sites (tertiary alicyclic amines) is 1. The molecule has 1 amide bonds. The highest BCUT2D eigenvalue weighted by atomic mass is 16.3. The second-order valence-electron chi connectivity index (χ2n) is 5.53. The number of rotatable bonds is 6. The largest absolute Gasteiger partial charge is 0.508 e. The smallest absolute Gasteiger partial charge is 0.222 e. The van der Waals surface area contributed by atoms with Crippen LogP contribution in [0.25, 0.3) is 0 Å². The molecule has 2 atom stereocenters. The molecule has 0 aliphatic carbocycles. The van der Waals surface area contributed by atoms with Gasteiger partial charge < -0.3 is 15.3 Å². The van der Waals surface area contributed by atoms with Gasteiger partial charge in [-0.1, -0.05) is 25.1 Å². The molecule has 1 aromatic carbocycles. The summed E-state index contributed by atoms with van der Waals surface area (Å²) in [7, 11) is 0. The highest BCUT2D eigenvalue weighted by molar-refractivity contribution is 5.78. The number of amides is 1. The molecular weight excluding hydrogens is 252 g/mol. The maximum Gasteiger partial charge on any atom is 0.222 e.